The number of carbonyl (C=O) groups is 1. The average Bonchev–Trinajstić information content (AvgIpc) is 2.48. The van der Waals surface area contributed by atoms with Crippen molar-refractivity contribution >= 4 is 21.8 Å². The van der Waals surface area contributed by atoms with Gasteiger partial charge in [0.15, 0.2) is 0 Å². The van der Waals surface area contributed by atoms with Gasteiger partial charge in [-0.25, -0.2) is 4.39 Å². The molecule has 5 heteroatoms. The Hall–Kier alpha value is -0.940. The Morgan fingerprint density at radius 1 is 1.33 bits per heavy atom. The van der Waals surface area contributed by atoms with Crippen LogP contribution in [0.1, 0.15) is 36.5 Å². The molecule has 0 bridgehead atoms. The Kier molecular flexibility index (Phi) is 4.31. The van der Waals surface area contributed by atoms with Crippen molar-refractivity contribution in [3.63, 3.8) is 0 Å². The molecule has 1 aromatic carbocycles. The van der Waals surface area contributed by atoms with Gasteiger partial charge < -0.3 is 4.90 Å². The molecule has 2 unspecified atom stereocenters. The lowest BCUT2D eigenvalue weighted by Gasteiger charge is -2.47. The second-order valence-corrected chi connectivity index (χ2v) is 6.93. The van der Waals surface area contributed by atoms with E-state index in [1.54, 1.807) is 12.1 Å². The molecule has 3 nitrogen and oxygen atoms in total. The topological polar surface area (TPSA) is 23.6 Å². The van der Waals surface area contributed by atoms with E-state index in [9.17, 15) is 9.18 Å². The second kappa shape index (κ2) is 6.05. The first-order valence-corrected chi connectivity index (χ1v) is 8.35. The van der Waals surface area contributed by atoms with Crippen molar-refractivity contribution < 1.29 is 9.18 Å². The normalized spacial score (nSPS) is 26.5. The van der Waals surface area contributed by atoms with E-state index in [1.807, 2.05) is 4.90 Å². The molecule has 0 spiro atoms. The van der Waals surface area contributed by atoms with Crippen molar-refractivity contribution in [1.82, 2.24) is 9.80 Å². The van der Waals surface area contributed by atoms with Gasteiger partial charge in [0.05, 0.1) is 4.47 Å². The first-order chi connectivity index (χ1) is 10.1. The maximum Gasteiger partial charge on any atom is 0.254 e. The van der Waals surface area contributed by atoms with Crippen LogP contribution in [-0.2, 0) is 0 Å². The fraction of sp³-hybridized carbons (Fsp3) is 0.562. The zero-order valence-corrected chi connectivity index (χ0v) is 13.8. The van der Waals surface area contributed by atoms with Crippen molar-refractivity contribution in [2.75, 3.05) is 19.6 Å². The summed E-state index contributed by atoms with van der Waals surface area (Å²) in [5, 5.41) is 0. The molecule has 0 aromatic heterocycles. The first kappa shape index (κ1) is 15.0. The van der Waals surface area contributed by atoms with Crippen molar-refractivity contribution in [2.45, 2.75) is 38.3 Å². The molecule has 0 aliphatic carbocycles. The lowest BCUT2D eigenvalue weighted by atomic mass is 9.96. The number of hydrogen-bond donors (Lipinski definition) is 0. The lowest BCUT2D eigenvalue weighted by molar-refractivity contribution is 0.0151. The predicted octanol–water partition coefficient (Wildman–Crippen LogP) is 3.29. The van der Waals surface area contributed by atoms with Gasteiger partial charge in [-0.1, -0.05) is 6.42 Å². The molecule has 1 aromatic rings. The number of rotatable bonds is 1. The molecule has 2 aliphatic heterocycles. The van der Waals surface area contributed by atoms with Crippen LogP contribution in [0.15, 0.2) is 22.7 Å². The van der Waals surface area contributed by atoms with Crippen molar-refractivity contribution in [2.24, 2.45) is 0 Å². The molecule has 3 rings (SSSR count). The Morgan fingerprint density at radius 3 is 2.90 bits per heavy atom. The van der Waals surface area contributed by atoms with E-state index < -0.39 is 0 Å². The van der Waals surface area contributed by atoms with E-state index in [2.05, 4.69) is 27.8 Å². The summed E-state index contributed by atoms with van der Waals surface area (Å²) in [5.41, 5.74) is 0.555. The molecule has 2 heterocycles. The Balaban J connectivity index is 1.78. The quantitative estimate of drug-likeness (QED) is 0.772. The standard InChI is InChI=1S/C16H20BrFN2O/c1-11-9-19-7-3-2-4-13(19)10-20(11)16(21)12-5-6-15(18)14(17)8-12/h5-6,8,11,13H,2-4,7,9-10H2,1H3. The molecule has 1 amide bonds. The van der Waals surface area contributed by atoms with Gasteiger partial charge in [-0.2, -0.15) is 0 Å². The Labute approximate surface area is 133 Å². The number of piperazine rings is 1. The van der Waals surface area contributed by atoms with Crippen molar-refractivity contribution in [1.29, 1.82) is 0 Å². The fourth-order valence-corrected chi connectivity index (χ4v) is 3.81. The van der Waals surface area contributed by atoms with Gasteiger partial charge in [0.25, 0.3) is 5.91 Å². The van der Waals surface area contributed by atoms with E-state index in [0.717, 1.165) is 19.6 Å². The number of halogens is 2. The van der Waals surface area contributed by atoms with E-state index in [-0.39, 0.29) is 17.8 Å². The monoisotopic (exact) mass is 354 g/mol. The van der Waals surface area contributed by atoms with Gasteiger partial charge in [-0.15, -0.1) is 0 Å². The summed E-state index contributed by atoms with van der Waals surface area (Å²) in [4.78, 5) is 17.2. The van der Waals surface area contributed by atoms with Crippen molar-refractivity contribution in [3.05, 3.63) is 34.1 Å². The number of hydrogen-bond acceptors (Lipinski definition) is 2. The van der Waals surface area contributed by atoms with Crippen LogP contribution in [0, 0.1) is 5.82 Å². The van der Waals surface area contributed by atoms with Crippen molar-refractivity contribution in [3.8, 4) is 0 Å². The number of fused-ring (bicyclic) bond motifs is 1. The summed E-state index contributed by atoms with van der Waals surface area (Å²) in [6, 6.07) is 5.19. The molecule has 0 N–H and O–H groups in total. The SMILES string of the molecule is CC1CN2CCCCC2CN1C(=O)c1ccc(F)c(Br)c1. The molecule has 0 radical (unpaired) electrons. The van der Waals surface area contributed by atoms with Crippen LogP contribution < -0.4 is 0 Å². The fourth-order valence-electron chi connectivity index (χ4n) is 3.43. The highest BCUT2D eigenvalue weighted by molar-refractivity contribution is 9.10. The highest BCUT2D eigenvalue weighted by Crippen LogP contribution is 2.26. The largest absolute Gasteiger partial charge is 0.333 e. The molecular formula is C16H20BrFN2O. The third-order valence-electron chi connectivity index (χ3n) is 4.61. The summed E-state index contributed by atoms with van der Waals surface area (Å²) >= 11 is 3.15. The predicted molar refractivity (Wildman–Crippen MR) is 83.8 cm³/mol. The summed E-state index contributed by atoms with van der Waals surface area (Å²) < 4.78 is 13.7. The number of carbonyl (C=O) groups excluding carboxylic acids is 1. The maximum atomic E-state index is 13.3. The molecule has 21 heavy (non-hydrogen) atoms. The third kappa shape index (κ3) is 2.99. The van der Waals surface area contributed by atoms with E-state index in [0.29, 0.717) is 16.1 Å². The number of amides is 1. The van der Waals surface area contributed by atoms with Gasteiger partial charge in [0, 0.05) is 30.7 Å². The summed E-state index contributed by atoms with van der Waals surface area (Å²) in [7, 11) is 0. The minimum atomic E-state index is -0.336. The molecule has 2 saturated heterocycles. The Bertz CT molecular complexity index is 551. The number of benzene rings is 1. The number of nitrogens with zero attached hydrogens (tertiary/aromatic N) is 2. The van der Waals surface area contributed by atoms with E-state index in [1.165, 1.54) is 25.3 Å². The van der Waals surface area contributed by atoms with Gasteiger partial charge in [-0.05, 0) is 60.4 Å². The zero-order chi connectivity index (χ0) is 15.0. The molecule has 2 aliphatic rings. The van der Waals surface area contributed by atoms with Gasteiger partial charge in [-0.3, -0.25) is 9.69 Å². The Morgan fingerprint density at radius 2 is 2.14 bits per heavy atom. The molecule has 114 valence electrons. The smallest absolute Gasteiger partial charge is 0.254 e. The highest BCUT2D eigenvalue weighted by atomic mass is 79.9. The molecule has 2 fully saturated rings. The molecule has 2 atom stereocenters. The van der Waals surface area contributed by atoms with E-state index in [4.69, 9.17) is 0 Å². The second-order valence-electron chi connectivity index (χ2n) is 6.08. The van der Waals surface area contributed by atoms with Gasteiger partial charge in [0.2, 0.25) is 0 Å². The van der Waals surface area contributed by atoms with Crippen LogP contribution in [0.5, 0.6) is 0 Å². The van der Waals surface area contributed by atoms with Crippen LogP contribution in [0.4, 0.5) is 4.39 Å². The van der Waals surface area contributed by atoms with Crippen LogP contribution in [0.2, 0.25) is 0 Å². The van der Waals surface area contributed by atoms with Gasteiger partial charge >= 0.3 is 0 Å². The minimum Gasteiger partial charge on any atom is -0.333 e. The van der Waals surface area contributed by atoms with Crippen LogP contribution in [-0.4, -0.2) is 47.4 Å². The first-order valence-electron chi connectivity index (χ1n) is 7.56. The maximum absolute atomic E-state index is 13.3. The third-order valence-corrected chi connectivity index (χ3v) is 5.22. The minimum absolute atomic E-state index is 0.00780. The average molecular weight is 355 g/mol. The summed E-state index contributed by atoms with van der Waals surface area (Å²) in [6.45, 7) is 4.98. The highest BCUT2D eigenvalue weighted by Gasteiger charge is 2.35. The molecular weight excluding hydrogens is 335 g/mol. The van der Waals surface area contributed by atoms with Crippen LogP contribution >= 0.6 is 15.9 Å². The summed E-state index contributed by atoms with van der Waals surface area (Å²) in [5.74, 6) is -0.329. The van der Waals surface area contributed by atoms with Crippen LogP contribution in [0.3, 0.4) is 0 Å². The van der Waals surface area contributed by atoms with Gasteiger partial charge in [0.1, 0.15) is 5.82 Å². The number of piperidine rings is 1. The van der Waals surface area contributed by atoms with Crippen LogP contribution in [0.25, 0.3) is 0 Å². The zero-order valence-electron chi connectivity index (χ0n) is 12.2. The molecule has 0 saturated carbocycles. The van der Waals surface area contributed by atoms with E-state index >= 15 is 0 Å². The summed E-state index contributed by atoms with van der Waals surface area (Å²) in [6.07, 6.45) is 3.69. The lowest BCUT2D eigenvalue weighted by Crippen LogP contribution is -2.60.